The molecule has 0 atom stereocenters. The third kappa shape index (κ3) is 15.2. The van der Waals surface area contributed by atoms with E-state index in [1.807, 2.05) is 18.2 Å². The van der Waals surface area contributed by atoms with Crippen LogP contribution in [0.15, 0.2) is 30.3 Å². The molecule has 0 amide bonds. The molecule has 0 aliphatic rings. The molecule has 20 heavy (non-hydrogen) atoms. The number of benzene rings is 1. The number of unbranched alkanes of at least 4 members (excludes halogenated alkanes) is 9. The molecule has 0 spiro atoms. The molecule has 0 aliphatic heterocycles. The van der Waals surface area contributed by atoms with Crippen LogP contribution in [-0.2, 0) is 0 Å². The van der Waals surface area contributed by atoms with Crippen LogP contribution in [0.1, 0.15) is 76.7 Å². The summed E-state index contributed by atoms with van der Waals surface area (Å²) in [6.07, 6.45) is 13.9. The zero-order valence-electron chi connectivity index (χ0n) is 13.7. The first-order valence-electron chi connectivity index (χ1n) is 8.53. The van der Waals surface area contributed by atoms with Crippen molar-refractivity contribution >= 4 is 0 Å². The quantitative estimate of drug-likeness (QED) is 0.532. The number of aryl methyl sites for hydroxylation is 1. The van der Waals surface area contributed by atoms with Gasteiger partial charge in [0.05, 0.1) is 0 Å². The van der Waals surface area contributed by atoms with Gasteiger partial charge in [0, 0.05) is 0 Å². The van der Waals surface area contributed by atoms with Crippen molar-refractivity contribution in [1.29, 1.82) is 0 Å². The molecule has 0 radical (unpaired) electrons. The van der Waals surface area contributed by atoms with Crippen LogP contribution in [0.5, 0.6) is 0 Å². The lowest BCUT2D eigenvalue weighted by atomic mass is 10.1. The summed E-state index contributed by atoms with van der Waals surface area (Å²) in [6.45, 7) is 5.23. The topological polar surface area (TPSA) is 26.0 Å². The summed E-state index contributed by atoms with van der Waals surface area (Å²) >= 11 is 0. The monoisotopic (exact) mass is 277 g/mol. The Morgan fingerprint density at radius 2 is 1.15 bits per heavy atom. The summed E-state index contributed by atoms with van der Waals surface area (Å²) in [5.41, 5.74) is 6.75. The predicted molar refractivity (Wildman–Crippen MR) is 92.1 cm³/mol. The molecule has 0 saturated carbocycles. The molecular weight excluding hydrogens is 242 g/mol. The lowest BCUT2D eigenvalue weighted by Gasteiger charge is -2.00. The second kappa shape index (κ2) is 16.2. The number of hydrogen-bond acceptors (Lipinski definition) is 1. The largest absolute Gasteiger partial charge is 0.330 e. The van der Waals surface area contributed by atoms with Crippen molar-refractivity contribution in [2.45, 2.75) is 78.1 Å². The molecule has 0 saturated heterocycles. The van der Waals surface area contributed by atoms with Crippen molar-refractivity contribution in [3.05, 3.63) is 35.9 Å². The van der Waals surface area contributed by atoms with E-state index in [0.717, 1.165) is 6.54 Å². The van der Waals surface area contributed by atoms with Gasteiger partial charge in [-0.05, 0) is 19.9 Å². The fraction of sp³-hybridized carbons (Fsp3) is 0.684. The average molecular weight is 277 g/mol. The first-order chi connectivity index (χ1) is 9.81. The van der Waals surface area contributed by atoms with Crippen LogP contribution in [0, 0.1) is 6.92 Å². The Bertz CT molecular complexity index is 258. The predicted octanol–water partition coefficient (Wildman–Crippen LogP) is 5.86. The minimum absolute atomic E-state index is 0.872. The highest BCUT2D eigenvalue weighted by Gasteiger charge is 1.91. The van der Waals surface area contributed by atoms with Crippen LogP contribution in [-0.4, -0.2) is 6.54 Å². The van der Waals surface area contributed by atoms with E-state index in [4.69, 9.17) is 5.73 Å². The first-order valence-corrected chi connectivity index (χ1v) is 8.53. The third-order valence-corrected chi connectivity index (χ3v) is 3.50. The smallest absolute Gasteiger partial charge is 0.00773 e. The maximum absolute atomic E-state index is 5.42. The Morgan fingerprint density at radius 1 is 0.700 bits per heavy atom. The van der Waals surface area contributed by atoms with E-state index in [2.05, 4.69) is 26.0 Å². The number of hydrogen-bond donors (Lipinski definition) is 1. The van der Waals surface area contributed by atoms with Gasteiger partial charge < -0.3 is 5.73 Å². The summed E-state index contributed by atoms with van der Waals surface area (Å²) in [6, 6.07) is 10.3. The van der Waals surface area contributed by atoms with E-state index in [-0.39, 0.29) is 0 Å². The van der Waals surface area contributed by atoms with Crippen molar-refractivity contribution in [3.63, 3.8) is 0 Å². The molecule has 0 heterocycles. The molecule has 0 aromatic heterocycles. The van der Waals surface area contributed by atoms with E-state index in [1.54, 1.807) is 0 Å². The van der Waals surface area contributed by atoms with Crippen LogP contribution in [0.3, 0.4) is 0 Å². The SMILES string of the molecule is CCCCCCCCCCCCN.Cc1ccccc1. The van der Waals surface area contributed by atoms with Gasteiger partial charge in [-0.15, -0.1) is 0 Å². The van der Waals surface area contributed by atoms with Crippen LogP contribution < -0.4 is 5.73 Å². The highest BCUT2D eigenvalue weighted by Crippen LogP contribution is 2.09. The summed E-state index contributed by atoms with van der Waals surface area (Å²) in [4.78, 5) is 0. The van der Waals surface area contributed by atoms with Gasteiger partial charge in [0.15, 0.2) is 0 Å². The number of nitrogens with two attached hydrogens (primary N) is 1. The van der Waals surface area contributed by atoms with E-state index in [0.29, 0.717) is 0 Å². The van der Waals surface area contributed by atoms with Crippen LogP contribution >= 0.6 is 0 Å². The van der Waals surface area contributed by atoms with Crippen molar-refractivity contribution in [3.8, 4) is 0 Å². The fourth-order valence-electron chi connectivity index (χ4n) is 2.17. The van der Waals surface area contributed by atoms with E-state index in [9.17, 15) is 0 Å². The molecule has 0 bridgehead atoms. The Kier molecular flexibility index (Phi) is 15.6. The normalized spacial score (nSPS) is 9.95. The van der Waals surface area contributed by atoms with Gasteiger partial charge in [-0.3, -0.25) is 0 Å². The second-order valence-electron chi connectivity index (χ2n) is 5.63. The molecule has 1 heteroatoms. The van der Waals surface area contributed by atoms with Gasteiger partial charge >= 0.3 is 0 Å². The summed E-state index contributed by atoms with van der Waals surface area (Å²) < 4.78 is 0. The lowest BCUT2D eigenvalue weighted by molar-refractivity contribution is 0.558. The molecule has 1 nitrogen and oxygen atoms in total. The van der Waals surface area contributed by atoms with Crippen molar-refractivity contribution in [2.75, 3.05) is 6.54 Å². The van der Waals surface area contributed by atoms with Gasteiger partial charge in [-0.1, -0.05) is 101 Å². The van der Waals surface area contributed by atoms with Crippen LogP contribution in [0.25, 0.3) is 0 Å². The van der Waals surface area contributed by atoms with Gasteiger partial charge in [0.1, 0.15) is 0 Å². The van der Waals surface area contributed by atoms with Gasteiger partial charge in [0.25, 0.3) is 0 Å². The maximum Gasteiger partial charge on any atom is -0.00773 e. The van der Waals surface area contributed by atoms with Gasteiger partial charge in [0.2, 0.25) is 0 Å². The molecule has 1 aromatic rings. The van der Waals surface area contributed by atoms with E-state index >= 15 is 0 Å². The Labute approximate surface area is 127 Å². The lowest BCUT2D eigenvalue weighted by Crippen LogP contribution is -1.97. The molecule has 116 valence electrons. The molecule has 0 aliphatic carbocycles. The summed E-state index contributed by atoms with van der Waals surface area (Å²) in [5, 5.41) is 0. The fourth-order valence-corrected chi connectivity index (χ4v) is 2.17. The maximum atomic E-state index is 5.42. The Hall–Kier alpha value is -0.820. The van der Waals surface area contributed by atoms with Crippen molar-refractivity contribution < 1.29 is 0 Å². The van der Waals surface area contributed by atoms with Gasteiger partial charge in [-0.25, -0.2) is 0 Å². The van der Waals surface area contributed by atoms with Crippen LogP contribution in [0.4, 0.5) is 0 Å². The first kappa shape index (κ1) is 19.2. The summed E-state index contributed by atoms with van der Waals surface area (Å²) in [7, 11) is 0. The zero-order chi connectivity index (χ0) is 14.9. The Balaban J connectivity index is 0.000000428. The minimum Gasteiger partial charge on any atom is -0.330 e. The molecule has 0 fully saturated rings. The summed E-state index contributed by atoms with van der Waals surface area (Å²) in [5.74, 6) is 0. The molecule has 1 aromatic carbocycles. The molecule has 0 unspecified atom stereocenters. The molecule has 1 rings (SSSR count). The van der Waals surface area contributed by atoms with Crippen molar-refractivity contribution in [1.82, 2.24) is 0 Å². The highest BCUT2D eigenvalue weighted by molar-refractivity contribution is 5.11. The Morgan fingerprint density at radius 3 is 1.50 bits per heavy atom. The van der Waals surface area contributed by atoms with E-state index < -0.39 is 0 Å². The minimum atomic E-state index is 0.872. The zero-order valence-corrected chi connectivity index (χ0v) is 13.7. The van der Waals surface area contributed by atoms with Crippen molar-refractivity contribution in [2.24, 2.45) is 5.73 Å². The number of rotatable bonds is 10. The average Bonchev–Trinajstić information content (AvgIpc) is 2.47. The molecular formula is C19H35N. The van der Waals surface area contributed by atoms with Gasteiger partial charge in [-0.2, -0.15) is 0 Å². The standard InChI is InChI=1S/C12H27N.C7H8/c1-2-3-4-5-6-7-8-9-10-11-12-13;1-7-5-3-2-4-6-7/h2-13H2,1H3;2-6H,1H3. The third-order valence-electron chi connectivity index (χ3n) is 3.50. The van der Waals surface area contributed by atoms with Crippen LogP contribution in [0.2, 0.25) is 0 Å². The highest BCUT2D eigenvalue weighted by atomic mass is 14.5. The second-order valence-corrected chi connectivity index (χ2v) is 5.63. The molecule has 2 N–H and O–H groups in total. The van der Waals surface area contributed by atoms with E-state index in [1.165, 1.54) is 69.8 Å².